The zero-order chi connectivity index (χ0) is 17.8. The topological polar surface area (TPSA) is 57.8 Å². The molecule has 0 N–H and O–H groups in total. The van der Waals surface area contributed by atoms with Crippen molar-refractivity contribution >= 4 is 0 Å². The molecule has 1 aromatic carbocycles. The molecule has 0 radical (unpaired) electrons. The van der Waals surface area contributed by atoms with E-state index in [9.17, 15) is 0 Å². The molecule has 1 aliphatic rings. The van der Waals surface area contributed by atoms with Crippen molar-refractivity contribution in [1.82, 2.24) is 24.5 Å². The van der Waals surface area contributed by atoms with Gasteiger partial charge in [-0.3, -0.25) is 4.68 Å². The van der Waals surface area contributed by atoms with Crippen LogP contribution in [0, 0.1) is 0 Å². The van der Waals surface area contributed by atoms with E-state index in [1.807, 2.05) is 29.2 Å². The highest BCUT2D eigenvalue weighted by atomic mass is 16.5. The number of nitrogens with zero attached hydrogens (tertiary/aromatic N) is 5. The molecule has 0 aliphatic carbocycles. The van der Waals surface area contributed by atoms with Gasteiger partial charge in [-0.2, -0.15) is 10.2 Å². The van der Waals surface area contributed by atoms with Gasteiger partial charge in [0.15, 0.2) is 5.82 Å². The Hall–Kier alpha value is -2.47. The van der Waals surface area contributed by atoms with E-state index in [2.05, 4.69) is 41.0 Å². The van der Waals surface area contributed by atoms with Gasteiger partial charge in [0.2, 0.25) is 0 Å². The molecular formula is C20H25N5O. The fourth-order valence-corrected chi connectivity index (χ4v) is 3.51. The van der Waals surface area contributed by atoms with Gasteiger partial charge in [0.25, 0.3) is 0 Å². The lowest BCUT2D eigenvalue weighted by Crippen LogP contribution is -2.15. The summed E-state index contributed by atoms with van der Waals surface area (Å²) < 4.78 is 9.53. The van der Waals surface area contributed by atoms with Crippen LogP contribution in [0.25, 0.3) is 0 Å². The van der Waals surface area contributed by atoms with Crippen molar-refractivity contribution in [1.29, 1.82) is 0 Å². The van der Waals surface area contributed by atoms with Crippen molar-refractivity contribution in [3.05, 3.63) is 66.0 Å². The van der Waals surface area contributed by atoms with Gasteiger partial charge >= 0.3 is 0 Å². The van der Waals surface area contributed by atoms with Crippen molar-refractivity contribution in [2.75, 3.05) is 13.2 Å². The highest BCUT2D eigenvalue weighted by molar-refractivity contribution is 5.16. The zero-order valence-corrected chi connectivity index (χ0v) is 15.2. The minimum Gasteiger partial charge on any atom is -0.381 e. The first-order valence-corrected chi connectivity index (χ1v) is 9.33. The number of benzene rings is 1. The Morgan fingerprint density at radius 2 is 1.96 bits per heavy atom. The molecule has 0 amide bonds. The lowest BCUT2D eigenvalue weighted by Gasteiger charge is -2.18. The number of aromatic nitrogens is 5. The second-order valence-corrected chi connectivity index (χ2v) is 6.99. The third kappa shape index (κ3) is 3.85. The number of ether oxygens (including phenoxy) is 1. The fraction of sp³-hybridized carbons (Fsp3) is 0.450. The Balaban J connectivity index is 1.61. The van der Waals surface area contributed by atoms with E-state index in [4.69, 9.17) is 14.8 Å². The summed E-state index contributed by atoms with van der Waals surface area (Å²) in [5.74, 6) is 2.63. The molecule has 4 rings (SSSR count). The molecule has 0 bridgehead atoms. The maximum atomic E-state index is 5.50. The van der Waals surface area contributed by atoms with E-state index in [1.54, 1.807) is 0 Å². The molecule has 26 heavy (non-hydrogen) atoms. The van der Waals surface area contributed by atoms with Gasteiger partial charge in [0.05, 0.1) is 13.1 Å². The van der Waals surface area contributed by atoms with Crippen LogP contribution in [0.4, 0.5) is 0 Å². The van der Waals surface area contributed by atoms with Gasteiger partial charge < -0.3 is 4.74 Å². The summed E-state index contributed by atoms with van der Waals surface area (Å²) in [6, 6.07) is 12.4. The Morgan fingerprint density at radius 1 is 1.15 bits per heavy atom. The van der Waals surface area contributed by atoms with Crippen molar-refractivity contribution in [2.45, 2.75) is 44.7 Å². The average Bonchev–Trinajstić information content (AvgIpc) is 3.33. The van der Waals surface area contributed by atoms with E-state index in [-0.39, 0.29) is 5.92 Å². The molecule has 1 atom stereocenters. The summed E-state index contributed by atoms with van der Waals surface area (Å²) in [5, 5.41) is 9.23. The minimum absolute atomic E-state index is 0.236. The van der Waals surface area contributed by atoms with Crippen LogP contribution < -0.4 is 0 Å². The lowest BCUT2D eigenvalue weighted by atomic mass is 10.00. The van der Waals surface area contributed by atoms with Crippen molar-refractivity contribution < 1.29 is 4.74 Å². The molecule has 6 heteroatoms. The molecule has 3 aromatic rings. The lowest BCUT2D eigenvalue weighted by molar-refractivity contribution is 0.0835. The Kier molecular flexibility index (Phi) is 5.11. The molecule has 3 heterocycles. The van der Waals surface area contributed by atoms with Crippen LogP contribution in [0.3, 0.4) is 0 Å². The third-order valence-corrected chi connectivity index (χ3v) is 4.94. The monoisotopic (exact) mass is 351 g/mol. The largest absolute Gasteiger partial charge is 0.381 e. The zero-order valence-electron chi connectivity index (χ0n) is 15.2. The smallest absolute Gasteiger partial charge is 0.154 e. The van der Waals surface area contributed by atoms with E-state index < -0.39 is 0 Å². The van der Waals surface area contributed by atoms with E-state index in [0.29, 0.717) is 5.92 Å². The van der Waals surface area contributed by atoms with Crippen molar-refractivity contribution in [3.63, 3.8) is 0 Å². The predicted octanol–water partition coefficient (Wildman–Crippen LogP) is 3.22. The molecule has 1 aliphatic heterocycles. The van der Waals surface area contributed by atoms with Crippen LogP contribution in [0.15, 0.2) is 48.8 Å². The predicted molar refractivity (Wildman–Crippen MR) is 99.0 cm³/mol. The first kappa shape index (κ1) is 17.0. The average molecular weight is 351 g/mol. The maximum Gasteiger partial charge on any atom is 0.154 e. The first-order valence-electron chi connectivity index (χ1n) is 9.33. The van der Waals surface area contributed by atoms with Gasteiger partial charge in [-0.25, -0.2) is 9.67 Å². The van der Waals surface area contributed by atoms with Crippen LogP contribution in [0.5, 0.6) is 0 Å². The summed E-state index contributed by atoms with van der Waals surface area (Å²) in [4.78, 5) is 4.97. The Labute approximate surface area is 153 Å². The second kappa shape index (κ2) is 7.83. The summed E-state index contributed by atoms with van der Waals surface area (Å²) >= 11 is 0. The highest BCUT2D eigenvalue weighted by Crippen LogP contribution is 2.26. The number of rotatable bonds is 6. The van der Waals surface area contributed by atoms with Gasteiger partial charge in [-0.15, -0.1) is 0 Å². The third-order valence-electron chi connectivity index (χ3n) is 4.94. The minimum atomic E-state index is 0.236. The van der Waals surface area contributed by atoms with Gasteiger partial charge in [-0.1, -0.05) is 37.3 Å². The summed E-state index contributed by atoms with van der Waals surface area (Å²) in [7, 11) is 0. The standard InChI is InChI=1S/C20H25N5O/c1-16(14-24-11-5-10-21-24)20-22-19(18-8-12-26-13-9-18)23-25(20)15-17-6-3-2-4-7-17/h2-7,10-11,16,18H,8-9,12-15H2,1H3/t16-/m0/s1. The molecule has 6 nitrogen and oxygen atoms in total. The maximum absolute atomic E-state index is 5.50. The number of hydrogen-bond donors (Lipinski definition) is 0. The fourth-order valence-electron chi connectivity index (χ4n) is 3.51. The summed E-state index contributed by atoms with van der Waals surface area (Å²) in [6.45, 7) is 5.34. The summed E-state index contributed by atoms with van der Waals surface area (Å²) in [5.41, 5.74) is 1.24. The van der Waals surface area contributed by atoms with Gasteiger partial charge in [0.1, 0.15) is 5.82 Å². The molecule has 0 saturated carbocycles. The summed E-state index contributed by atoms with van der Waals surface area (Å²) in [6.07, 6.45) is 5.81. The number of hydrogen-bond acceptors (Lipinski definition) is 4. The molecule has 1 fully saturated rings. The Bertz CT molecular complexity index is 806. The SMILES string of the molecule is C[C@@H](Cn1cccn1)c1nc(C2CCOCC2)nn1Cc1ccccc1. The highest BCUT2D eigenvalue weighted by Gasteiger charge is 2.24. The molecule has 1 saturated heterocycles. The molecule has 2 aromatic heterocycles. The van der Waals surface area contributed by atoms with Crippen LogP contribution in [0.1, 0.15) is 48.8 Å². The Morgan fingerprint density at radius 3 is 2.69 bits per heavy atom. The quantitative estimate of drug-likeness (QED) is 0.684. The first-order chi connectivity index (χ1) is 12.8. The molecule has 0 spiro atoms. The normalized spacial score (nSPS) is 16.7. The van der Waals surface area contributed by atoms with Crippen LogP contribution >= 0.6 is 0 Å². The van der Waals surface area contributed by atoms with Crippen LogP contribution in [-0.2, 0) is 17.8 Å². The van der Waals surface area contributed by atoms with Gasteiger partial charge in [0, 0.05) is 37.4 Å². The van der Waals surface area contributed by atoms with E-state index in [0.717, 1.165) is 50.8 Å². The van der Waals surface area contributed by atoms with Crippen LogP contribution in [-0.4, -0.2) is 37.8 Å². The molecule has 0 unspecified atom stereocenters. The van der Waals surface area contributed by atoms with Crippen molar-refractivity contribution in [3.8, 4) is 0 Å². The molecular weight excluding hydrogens is 326 g/mol. The van der Waals surface area contributed by atoms with E-state index in [1.165, 1.54) is 5.56 Å². The molecule has 136 valence electrons. The van der Waals surface area contributed by atoms with E-state index >= 15 is 0 Å². The second-order valence-electron chi connectivity index (χ2n) is 6.99. The van der Waals surface area contributed by atoms with Crippen molar-refractivity contribution in [2.24, 2.45) is 0 Å². The van der Waals surface area contributed by atoms with Gasteiger partial charge in [-0.05, 0) is 24.5 Å². The van der Waals surface area contributed by atoms with Crippen LogP contribution in [0.2, 0.25) is 0 Å².